The number of fused-ring (bicyclic) bond motifs is 1. The number of nitrogens with two attached hydrogens (primary N) is 2. The van der Waals surface area contributed by atoms with E-state index in [1.165, 1.54) is 27.6 Å². The van der Waals surface area contributed by atoms with Crippen LogP contribution in [0.1, 0.15) is 23.1 Å². The summed E-state index contributed by atoms with van der Waals surface area (Å²) in [6.07, 6.45) is 4.20. The normalized spacial score (nSPS) is 11.3. The quantitative estimate of drug-likeness (QED) is 0.847. The molecule has 0 spiro atoms. The SMILES string of the molecule is Cc1cc(C)c2c(c1)c(CCN)cn2CCCN. The van der Waals surface area contributed by atoms with Crippen molar-refractivity contribution in [2.45, 2.75) is 33.2 Å². The number of hydrogen-bond donors (Lipinski definition) is 2. The number of hydrogen-bond acceptors (Lipinski definition) is 2. The fourth-order valence-corrected chi connectivity index (χ4v) is 2.70. The van der Waals surface area contributed by atoms with Crippen molar-refractivity contribution in [3.05, 3.63) is 35.0 Å². The maximum Gasteiger partial charge on any atom is 0.0513 e. The summed E-state index contributed by atoms with van der Waals surface area (Å²) in [5.41, 5.74) is 16.7. The Hall–Kier alpha value is -1.32. The molecule has 3 heteroatoms. The number of aryl methyl sites for hydroxylation is 3. The van der Waals surface area contributed by atoms with Crippen LogP contribution in [0.5, 0.6) is 0 Å². The Bertz CT molecular complexity index is 540. The summed E-state index contributed by atoms with van der Waals surface area (Å²) in [4.78, 5) is 0. The van der Waals surface area contributed by atoms with Crippen LogP contribution in [0.2, 0.25) is 0 Å². The van der Waals surface area contributed by atoms with Crippen molar-refractivity contribution < 1.29 is 0 Å². The van der Waals surface area contributed by atoms with Gasteiger partial charge >= 0.3 is 0 Å². The van der Waals surface area contributed by atoms with Gasteiger partial charge in [-0.2, -0.15) is 0 Å². The van der Waals surface area contributed by atoms with E-state index in [9.17, 15) is 0 Å². The Morgan fingerprint density at radius 3 is 2.56 bits per heavy atom. The number of nitrogens with zero attached hydrogens (tertiary/aromatic N) is 1. The summed E-state index contributed by atoms with van der Waals surface area (Å²) in [7, 11) is 0. The molecule has 0 unspecified atom stereocenters. The number of rotatable bonds is 5. The lowest BCUT2D eigenvalue weighted by molar-refractivity contribution is 0.667. The first kappa shape index (κ1) is 13.1. The van der Waals surface area contributed by atoms with Crippen LogP contribution < -0.4 is 11.5 Å². The first-order valence-electron chi connectivity index (χ1n) is 6.66. The van der Waals surface area contributed by atoms with Gasteiger partial charge in [0.25, 0.3) is 0 Å². The molecule has 0 aliphatic rings. The molecule has 0 fully saturated rings. The van der Waals surface area contributed by atoms with Crippen molar-refractivity contribution in [2.75, 3.05) is 13.1 Å². The topological polar surface area (TPSA) is 57.0 Å². The molecule has 0 saturated heterocycles. The number of aromatic nitrogens is 1. The molecule has 4 N–H and O–H groups in total. The van der Waals surface area contributed by atoms with Crippen LogP contribution in [0, 0.1) is 13.8 Å². The molecule has 0 bridgehead atoms. The molecule has 3 nitrogen and oxygen atoms in total. The molecule has 1 aromatic carbocycles. The zero-order valence-corrected chi connectivity index (χ0v) is 11.4. The van der Waals surface area contributed by atoms with Crippen molar-refractivity contribution in [1.82, 2.24) is 4.57 Å². The standard InChI is InChI=1S/C15H23N3/c1-11-8-12(2)15-14(9-11)13(4-6-17)10-18(15)7-3-5-16/h8-10H,3-7,16-17H2,1-2H3. The maximum absolute atomic E-state index is 5.71. The van der Waals surface area contributed by atoms with Crippen LogP contribution >= 0.6 is 0 Å². The van der Waals surface area contributed by atoms with Crippen LogP contribution in [0.4, 0.5) is 0 Å². The summed E-state index contributed by atoms with van der Waals surface area (Å²) in [6, 6.07) is 4.51. The summed E-state index contributed by atoms with van der Waals surface area (Å²) in [6.45, 7) is 6.75. The zero-order chi connectivity index (χ0) is 13.1. The highest BCUT2D eigenvalue weighted by molar-refractivity contribution is 5.87. The predicted octanol–water partition coefficient (Wildman–Crippen LogP) is 2.11. The highest BCUT2D eigenvalue weighted by atomic mass is 15.0. The van der Waals surface area contributed by atoms with Gasteiger partial charge < -0.3 is 16.0 Å². The van der Waals surface area contributed by atoms with Crippen LogP contribution in [-0.2, 0) is 13.0 Å². The molecule has 1 aromatic heterocycles. The van der Waals surface area contributed by atoms with Gasteiger partial charge in [0, 0.05) is 18.1 Å². The largest absolute Gasteiger partial charge is 0.347 e. The Balaban J connectivity index is 2.56. The lowest BCUT2D eigenvalue weighted by atomic mass is 10.0. The van der Waals surface area contributed by atoms with E-state index in [1.54, 1.807) is 0 Å². The van der Waals surface area contributed by atoms with Crippen LogP contribution in [0.15, 0.2) is 18.3 Å². The third kappa shape index (κ3) is 2.42. The fourth-order valence-electron chi connectivity index (χ4n) is 2.70. The molecular weight excluding hydrogens is 222 g/mol. The van der Waals surface area contributed by atoms with E-state index in [0.29, 0.717) is 6.54 Å². The van der Waals surface area contributed by atoms with Crippen molar-refractivity contribution in [2.24, 2.45) is 11.5 Å². The monoisotopic (exact) mass is 245 g/mol. The van der Waals surface area contributed by atoms with Crippen LogP contribution in [0.3, 0.4) is 0 Å². The van der Waals surface area contributed by atoms with E-state index in [1.807, 2.05) is 0 Å². The molecule has 18 heavy (non-hydrogen) atoms. The third-order valence-electron chi connectivity index (χ3n) is 3.41. The number of benzene rings is 1. The molecular formula is C15H23N3. The predicted molar refractivity (Wildman–Crippen MR) is 77.8 cm³/mol. The first-order chi connectivity index (χ1) is 8.67. The minimum absolute atomic E-state index is 0.697. The summed E-state index contributed by atoms with van der Waals surface area (Å²) < 4.78 is 2.34. The molecule has 98 valence electrons. The van der Waals surface area contributed by atoms with Crippen molar-refractivity contribution in [3.63, 3.8) is 0 Å². The Morgan fingerprint density at radius 1 is 1.11 bits per heavy atom. The van der Waals surface area contributed by atoms with E-state index >= 15 is 0 Å². The van der Waals surface area contributed by atoms with Crippen molar-refractivity contribution in [1.29, 1.82) is 0 Å². The Kier molecular flexibility index (Phi) is 4.04. The highest BCUT2D eigenvalue weighted by Crippen LogP contribution is 2.26. The van der Waals surface area contributed by atoms with Gasteiger partial charge in [0.2, 0.25) is 0 Å². The van der Waals surface area contributed by atoms with Crippen molar-refractivity contribution >= 4 is 10.9 Å². The summed E-state index contributed by atoms with van der Waals surface area (Å²) in [5, 5.41) is 1.36. The van der Waals surface area contributed by atoms with Gasteiger partial charge in [0.1, 0.15) is 0 Å². The average molecular weight is 245 g/mol. The minimum Gasteiger partial charge on any atom is -0.347 e. The van der Waals surface area contributed by atoms with Gasteiger partial charge in [-0.25, -0.2) is 0 Å². The minimum atomic E-state index is 0.697. The van der Waals surface area contributed by atoms with E-state index in [0.717, 1.165) is 25.9 Å². The molecule has 2 aromatic rings. The van der Waals surface area contributed by atoms with E-state index in [-0.39, 0.29) is 0 Å². The molecule has 0 saturated carbocycles. The van der Waals surface area contributed by atoms with Gasteiger partial charge in [-0.3, -0.25) is 0 Å². The molecule has 0 aliphatic carbocycles. The fraction of sp³-hybridized carbons (Fsp3) is 0.467. The molecule has 0 amide bonds. The second-order valence-electron chi connectivity index (χ2n) is 5.01. The molecule has 0 radical (unpaired) electrons. The summed E-state index contributed by atoms with van der Waals surface area (Å²) >= 11 is 0. The average Bonchev–Trinajstić information content (AvgIpc) is 2.65. The Labute approximate surface area is 109 Å². The summed E-state index contributed by atoms with van der Waals surface area (Å²) in [5.74, 6) is 0. The lowest BCUT2D eigenvalue weighted by Gasteiger charge is -2.07. The highest BCUT2D eigenvalue weighted by Gasteiger charge is 2.10. The van der Waals surface area contributed by atoms with Crippen LogP contribution in [0.25, 0.3) is 10.9 Å². The van der Waals surface area contributed by atoms with Gasteiger partial charge in [0.15, 0.2) is 0 Å². The second kappa shape index (κ2) is 5.55. The maximum atomic E-state index is 5.71. The van der Waals surface area contributed by atoms with E-state index in [4.69, 9.17) is 11.5 Å². The van der Waals surface area contributed by atoms with E-state index < -0.39 is 0 Å². The first-order valence-corrected chi connectivity index (χ1v) is 6.66. The zero-order valence-electron chi connectivity index (χ0n) is 11.4. The van der Waals surface area contributed by atoms with E-state index in [2.05, 4.69) is 36.7 Å². The van der Waals surface area contributed by atoms with Gasteiger partial charge in [-0.1, -0.05) is 11.6 Å². The molecule has 2 rings (SSSR count). The van der Waals surface area contributed by atoms with Crippen molar-refractivity contribution in [3.8, 4) is 0 Å². The Morgan fingerprint density at radius 2 is 1.89 bits per heavy atom. The van der Waals surface area contributed by atoms with Gasteiger partial charge in [0.05, 0.1) is 5.52 Å². The van der Waals surface area contributed by atoms with Gasteiger partial charge in [-0.15, -0.1) is 0 Å². The molecule has 0 atom stereocenters. The van der Waals surface area contributed by atoms with Gasteiger partial charge in [-0.05, 0) is 57.0 Å². The van der Waals surface area contributed by atoms with Crippen LogP contribution in [-0.4, -0.2) is 17.7 Å². The lowest BCUT2D eigenvalue weighted by Crippen LogP contribution is -2.05. The molecule has 1 heterocycles. The second-order valence-corrected chi connectivity index (χ2v) is 5.01. The third-order valence-corrected chi connectivity index (χ3v) is 3.41. The molecule has 0 aliphatic heterocycles. The smallest absolute Gasteiger partial charge is 0.0513 e.